The van der Waals surface area contributed by atoms with Crippen LogP contribution in [0.25, 0.3) is 0 Å². The third-order valence-corrected chi connectivity index (χ3v) is 7.57. The van der Waals surface area contributed by atoms with Gasteiger partial charge in [-0.2, -0.15) is 0 Å². The number of hydrogen-bond donors (Lipinski definition) is 0. The number of aromatic nitrogens is 2. The summed E-state index contributed by atoms with van der Waals surface area (Å²) in [5, 5.41) is 0. The zero-order valence-corrected chi connectivity index (χ0v) is 21.8. The van der Waals surface area contributed by atoms with Gasteiger partial charge >= 0.3 is 0 Å². The predicted molar refractivity (Wildman–Crippen MR) is 151 cm³/mol. The molecule has 1 fully saturated rings. The Morgan fingerprint density at radius 3 is 2.14 bits per heavy atom. The lowest BCUT2D eigenvalue weighted by molar-refractivity contribution is 0.0980. The summed E-state index contributed by atoms with van der Waals surface area (Å²) in [6.45, 7) is 4.26. The number of imidazole rings is 1. The molecule has 3 aromatic carbocycles. The Morgan fingerprint density at radius 1 is 0.784 bits per heavy atom. The van der Waals surface area contributed by atoms with Crippen molar-refractivity contribution in [2.24, 2.45) is 0 Å². The summed E-state index contributed by atoms with van der Waals surface area (Å²) in [7, 11) is 0. The van der Waals surface area contributed by atoms with E-state index in [9.17, 15) is 0 Å². The van der Waals surface area contributed by atoms with E-state index in [1.54, 1.807) is 0 Å². The highest BCUT2D eigenvalue weighted by molar-refractivity contribution is 5.34. The topological polar surface area (TPSA) is 30.3 Å². The van der Waals surface area contributed by atoms with Crippen LogP contribution in [0.2, 0.25) is 0 Å². The fourth-order valence-corrected chi connectivity index (χ4v) is 5.45. The highest BCUT2D eigenvalue weighted by Crippen LogP contribution is 2.29. The third-order valence-electron chi connectivity index (χ3n) is 7.57. The van der Waals surface area contributed by atoms with E-state index in [2.05, 4.69) is 99.4 Å². The molecular weight excluding hydrogens is 454 g/mol. The van der Waals surface area contributed by atoms with Crippen LogP contribution in [0.15, 0.2) is 104 Å². The fourth-order valence-electron chi connectivity index (χ4n) is 5.45. The molecule has 37 heavy (non-hydrogen) atoms. The van der Waals surface area contributed by atoms with Crippen LogP contribution in [0.5, 0.6) is 5.75 Å². The summed E-state index contributed by atoms with van der Waals surface area (Å²) in [5.41, 5.74) is 4.14. The second-order valence-electron chi connectivity index (χ2n) is 10.2. The molecule has 0 unspecified atom stereocenters. The molecule has 4 heteroatoms. The Hall–Kier alpha value is -3.37. The Balaban J connectivity index is 1.11. The normalized spacial score (nSPS) is 14.7. The molecule has 0 aliphatic carbocycles. The van der Waals surface area contributed by atoms with Gasteiger partial charge in [0.2, 0.25) is 0 Å². The molecule has 0 radical (unpaired) electrons. The third kappa shape index (κ3) is 7.33. The van der Waals surface area contributed by atoms with Crippen molar-refractivity contribution in [2.45, 2.75) is 57.1 Å². The minimum absolute atomic E-state index is 0.297. The van der Waals surface area contributed by atoms with Crippen molar-refractivity contribution in [3.8, 4) is 5.75 Å². The number of benzene rings is 3. The lowest BCUT2D eigenvalue weighted by Gasteiger charge is -2.35. The predicted octanol–water partition coefficient (Wildman–Crippen LogP) is 6.97. The Bertz CT molecular complexity index is 1130. The van der Waals surface area contributed by atoms with Gasteiger partial charge in [0.1, 0.15) is 11.9 Å². The molecule has 0 bridgehead atoms. The van der Waals surface area contributed by atoms with Crippen molar-refractivity contribution in [3.05, 3.63) is 120 Å². The van der Waals surface area contributed by atoms with Crippen molar-refractivity contribution in [2.75, 3.05) is 19.6 Å². The quantitative estimate of drug-likeness (QED) is 0.200. The van der Waals surface area contributed by atoms with Gasteiger partial charge in [0.05, 0.1) is 6.33 Å². The lowest BCUT2D eigenvalue weighted by Crippen LogP contribution is -2.40. The van der Waals surface area contributed by atoms with Crippen molar-refractivity contribution >= 4 is 0 Å². The van der Waals surface area contributed by atoms with Gasteiger partial charge in [-0.05, 0) is 54.9 Å². The number of hydrogen-bond acceptors (Lipinski definition) is 3. The number of piperidine rings is 1. The molecule has 0 atom stereocenters. The molecule has 0 amide bonds. The fraction of sp³-hybridized carbons (Fsp3) is 0.364. The minimum Gasteiger partial charge on any atom is -0.490 e. The second-order valence-corrected chi connectivity index (χ2v) is 10.2. The van der Waals surface area contributed by atoms with Gasteiger partial charge in [-0.3, -0.25) is 0 Å². The molecule has 4 nitrogen and oxygen atoms in total. The molecule has 2 heterocycles. The molecule has 4 aromatic rings. The molecule has 1 aliphatic heterocycles. The SMILES string of the molecule is c1ccc(C(CN2CCC(Oc3ccccc3CCCCCn3ccnc3)CC2)c2ccccc2)cc1. The van der Waals surface area contributed by atoms with E-state index in [1.165, 1.54) is 36.0 Å². The smallest absolute Gasteiger partial charge is 0.122 e. The molecule has 1 aromatic heterocycles. The van der Waals surface area contributed by atoms with E-state index in [0.29, 0.717) is 12.0 Å². The highest BCUT2D eigenvalue weighted by atomic mass is 16.5. The van der Waals surface area contributed by atoms with Crippen LogP contribution in [0.3, 0.4) is 0 Å². The Kier molecular flexibility index (Phi) is 9.06. The van der Waals surface area contributed by atoms with Crippen molar-refractivity contribution in [3.63, 3.8) is 0 Å². The van der Waals surface area contributed by atoms with E-state index >= 15 is 0 Å². The number of ether oxygens (including phenoxy) is 1. The summed E-state index contributed by atoms with van der Waals surface area (Å²) in [4.78, 5) is 6.75. The monoisotopic (exact) mass is 493 g/mol. The second kappa shape index (κ2) is 13.3. The summed E-state index contributed by atoms with van der Waals surface area (Å²) in [6, 6.07) is 30.5. The van der Waals surface area contributed by atoms with E-state index < -0.39 is 0 Å². The summed E-state index contributed by atoms with van der Waals surface area (Å²) >= 11 is 0. The number of unbranched alkanes of at least 4 members (excludes halogenated alkanes) is 2. The molecule has 0 N–H and O–H groups in total. The molecule has 1 aliphatic rings. The first-order chi connectivity index (χ1) is 18.3. The maximum atomic E-state index is 6.59. The zero-order valence-electron chi connectivity index (χ0n) is 21.8. The minimum atomic E-state index is 0.297. The van der Waals surface area contributed by atoms with E-state index in [-0.39, 0.29) is 0 Å². The van der Waals surface area contributed by atoms with E-state index in [1.807, 2.05) is 18.7 Å². The average molecular weight is 494 g/mol. The van der Waals surface area contributed by atoms with Crippen LogP contribution in [0, 0.1) is 0 Å². The average Bonchev–Trinajstić information content (AvgIpc) is 3.48. The maximum absolute atomic E-state index is 6.59. The number of rotatable bonds is 12. The number of likely N-dealkylation sites (tertiary alicyclic amines) is 1. The van der Waals surface area contributed by atoms with Crippen LogP contribution in [-0.4, -0.2) is 40.2 Å². The van der Waals surface area contributed by atoms with Gasteiger partial charge in [0, 0.05) is 44.5 Å². The van der Waals surface area contributed by atoms with Crippen molar-refractivity contribution in [1.29, 1.82) is 0 Å². The van der Waals surface area contributed by atoms with Crippen LogP contribution in [0.4, 0.5) is 0 Å². The van der Waals surface area contributed by atoms with Crippen LogP contribution < -0.4 is 4.74 Å². The molecular formula is C33H39N3O. The Labute approximate surface area is 221 Å². The molecule has 1 saturated heterocycles. The van der Waals surface area contributed by atoms with Gasteiger partial charge in [-0.1, -0.05) is 85.3 Å². The van der Waals surface area contributed by atoms with Gasteiger partial charge in [-0.25, -0.2) is 4.98 Å². The summed E-state index contributed by atoms with van der Waals surface area (Å²) < 4.78 is 8.74. The van der Waals surface area contributed by atoms with Gasteiger partial charge < -0.3 is 14.2 Å². The largest absolute Gasteiger partial charge is 0.490 e. The summed E-state index contributed by atoms with van der Waals surface area (Å²) in [6.07, 6.45) is 12.9. The highest BCUT2D eigenvalue weighted by Gasteiger charge is 2.24. The molecule has 0 spiro atoms. The standard InChI is InChI=1S/C33H39N3O/c1-4-12-28(13-5-1)32(29-14-6-2-7-15-29)26-35-23-19-31(20-24-35)37-33-18-10-9-17-30(33)16-8-3-11-22-36-25-21-34-27-36/h1-2,4-7,9-10,12-15,17-18,21,25,27,31-32H,3,8,11,16,19-20,22-24,26H2. The first-order valence-corrected chi connectivity index (χ1v) is 13.9. The molecule has 5 rings (SSSR count). The van der Waals surface area contributed by atoms with Crippen molar-refractivity contribution in [1.82, 2.24) is 14.5 Å². The van der Waals surface area contributed by atoms with E-state index in [4.69, 9.17) is 4.74 Å². The maximum Gasteiger partial charge on any atom is 0.122 e. The Morgan fingerprint density at radius 2 is 1.46 bits per heavy atom. The zero-order chi connectivity index (χ0) is 25.1. The van der Waals surface area contributed by atoms with Crippen LogP contribution in [-0.2, 0) is 13.0 Å². The van der Waals surface area contributed by atoms with Crippen molar-refractivity contribution < 1.29 is 4.74 Å². The summed E-state index contributed by atoms with van der Waals surface area (Å²) in [5.74, 6) is 1.48. The lowest BCUT2D eigenvalue weighted by atomic mass is 9.90. The van der Waals surface area contributed by atoms with Crippen LogP contribution in [0.1, 0.15) is 54.7 Å². The van der Waals surface area contributed by atoms with Gasteiger partial charge in [0.25, 0.3) is 0 Å². The van der Waals surface area contributed by atoms with Crippen LogP contribution >= 0.6 is 0 Å². The first-order valence-electron chi connectivity index (χ1n) is 13.9. The van der Waals surface area contributed by atoms with Gasteiger partial charge in [-0.15, -0.1) is 0 Å². The van der Waals surface area contributed by atoms with Gasteiger partial charge in [0.15, 0.2) is 0 Å². The molecule has 0 saturated carbocycles. The number of aryl methyl sites for hydroxylation is 2. The first kappa shape index (κ1) is 25.3. The van der Waals surface area contributed by atoms with E-state index in [0.717, 1.165) is 51.2 Å². The number of nitrogens with zero attached hydrogens (tertiary/aromatic N) is 3. The number of para-hydroxylation sites is 1. The molecule has 192 valence electrons.